The highest BCUT2D eigenvalue weighted by atomic mass is 32.1. The Kier molecular flexibility index (Phi) is 4.82. The molecule has 1 fully saturated rings. The van der Waals surface area contributed by atoms with Gasteiger partial charge < -0.3 is 10.1 Å². The SMILES string of the molecule is CNC(CCC1CCCCO1)c1cccs1. The molecular formula is C13H21NOS. The van der Waals surface area contributed by atoms with Crippen molar-refractivity contribution in [2.24, 2.45) is 0 Å². The lowest BCUT2D eigenvalue weighted by molar-refractivity contribution is 0.00871. The van der Waals surface area contributed by atoms with Gasteiger partial charge in [0.1, 0.15) is 0 Å². The minimum atomic E-state index is 0.504. The van der Waals surface area contributed by atoms with Gasteiger partial charge in [-0.05, 0) is 50.6 Å². The van der Waals surface area contributed by atoms with Crippen LogP contribution in [0.5, 0.6) is 0 Å². The van der Waals surface area contributed by atoms with Crippen molar-refractivity contribution in [1.82, 2.24) is 5.32 Å². The second-order valence-corrected chi connectivity index (χ2v) is 5.40. The average Bonchev–Trinajstić information content (AvgIpc) is 2.85. The molecule has 1 aromatic rings. The number of rotatable bonds is 5. The molecule has 1 N–H and O–H groups in total. The van der Waals surface area contributed by atoms with Crippen LogP contribution in [0.2, 0.25) is 0 Å². The summed E-state index contributed by atoms with van der Waals surface area (Å²) in [4.78, 5) is 1.44. The number of hydrogen-bond donors (Lipinski definition) is 1. The van der Waals surface area contributed by atoms with Crippen LogP contribution in [0.1, 0.15) is 43.0 Å². The third-order valence-electron chi connectivity index (χ3n) is 3.29. The Labute approximate surface area is 102 Å². The highest BCUT2D eigenvalue weighted by molar-refractivity contribution is 7.10. The third kappa shape index (κ3) is 3.30. The van der Waals surface area contributed by atoms with E-state index in [9.17, 15) is 0 Å². The Morgan fingerprint density at radius 2 is 2.50 bits per heavy atom. The predicted molar refractivity (Wildman–Crippen MR) is 68.9 cm³/mol. The summed E-state index contributed by atoms with van der Waals surface area (Å²) >= 11 is 1.84. The summed E-state index contributed by atoms with van der Waals surface area (Å²) in [5.74, 6) is 0. The maximum atomic E-state index is 5.77. The highest BCUT2D eigenvalue weighted by Gasteiger charge is 2.17. The quantitative estimate of drug-likeness (QED) is 0.850. The van der Waals surface area contributed by atoms with E-state index in [0.29, 0.717) is 12.1 Å². The predicted octanol–water partition coefficient (Wildman–Crippen LogP) is 3.36. The molecule has 1 aromatic heterocycles. The van der Waals surface area contributed by atoms with Crippen molar-refractivity contribution < 1.29 is 4.74 Å². The number of ether oxygens (including phenoxy) is 1. The molecule has 0 radical (unpaired) electrons. The topological polar surface area (TPSA) is 21.3 Å². The fraction of sp³-hybridized carbons (Fsp3) is 0.692. The first kappa shape index (κ1) is 12.1. The minimum absolute atomic E-state index is 0.504. The second kappa shape index (κ2) is 6.38. The maximum absolute atomic E-state index is 5.77. The van der Waals surface area contributed by atoms with Gasteiger partial charge in [-0.15, -0.1) is 11.3 Å². The van der Waals surface area contributed by atoms with Crippen LogP contribution in [0.15, 0.2) is 17.5 Å². The third-order valence-corrected chi connectivity index (χ3v) is 4.27. The largest absolute Gasteiger partial charge is 0.378 e. The van der Waals surface area contributed by atoms with E-state index in [4.69, 9.17) is 4.74 Å². The first-order chi connectivity index (χ1) is 7.90. The molecule has 90 valence electrons. The molecule has 0 aromatic carbocycles. The fourth-order valence-corrected chi connectivity index (χ4v) is 3.18. The van der Waals surface area contributed by atoms with Crippen molar-refractivity contribution in [2.45, 2.75) is 44.2 Å². The van der Waals surface area contributed by atoms with Gasteiger partial charge in [0.05, 0.1) is 6.10 Å². The lowest BCUT2D eigenvalue weighted by Gasteiger charge is -2.24. The van der Waals surface area contributed by atoms with Crippen LogP contribution < -0.4 is 5.32 Å². The highest BCUT2D eigenvalue weighted by Crippen LogP contribution is 2.26. The van der Waals surface area contributed by atoms with Crippen LogP contribution in [0, 0.1) is 0 Å². The zero-order valence-electron chi connectivity index (χ0n) is 9.95. The van der Waals surface area contributed by atoms with E-state index >= 15 is 0 Å². The van der Waals surface area contributed by atoms with Gasteiger partial charge in [0, 0.05) is 17.5 Å². The van der Waals surface area contributed by atoms with Gasteiger partial charge in [0.15, 0.2) is 0 Å². The van der Waals surface area contributed by atoms with E-state index in [1.807, 2.05) is 18.4 Å². The molecule has 2 heterocycles. The molecule has 16 heavy (non-hydrogen) atoms. The molecule has 0 saturated carbocycles. The van der Waals surface area contributed by atoms with Crippen LogP contribution in [0.3, 0.4) is 0 Å². The van der Waals surface area contributed by atoms with Gasteiger partial charge in [-0.2, -0.15) is 0 Å². The Balaban J connectivity index is 1.78. The van der Waals surface area contributed by atoms with Crippen molar-refractivity contribution in [3.8, 4) is 0 Å². The van der Waals surface area contributed by atoms with Crippen LogP contribution in [0.4, 0.5) is 0 Å². The van der Waals surface area contributed by atoms with E-state index in [0.717, 1.165) is 6.61 Å². The Morgan fingerprint density at radius 1 is 1.56 bits per heavy atom. The first-order valence-corrected chi connectivity index (χ1v) is 7.10. The normalized spacial score (nSPS) is 23.2. The second-order valence-electron chi connectivity index (χ2n) is 4.42. The van der Waals surface area contributed by atoms with Crippen molar-refractivity contribution in [3.05, 3.63) is 22.4 Å². The molecule has 1 aliphatic rings. The molecule has 1 saturated heterocycles. The van der Waals surface area contributed by atoms with Gasteiger partial charge in [-0.25, -0.2) is 0 Å². The number of nitrogens with one attached hydrogen (secondary N) is 1. The van der Waals surface area contributed by atoms with Gasteiger partial charge in [0.2, 0.25) is 0 Å². The van der Waals surface area contributed by atoms with Crippen LogP contribution in [0.25, 0.3) is 0 Å². The van der Waals surface area contributed by atoms with Gasteiger partial charge in [0.25, 0.3) is 0 Å². The van der Waals surface area contributed by atoms with E-state index in [1.54, 1.807) is 0 Å². The zero-order chi connectivity index (χ0) is 11.2. The Morgan fingerprint density at radius 3 is 3.12 bits per heavy atom. The van der Waals surface area contributed by atoms with Crippen LogP contribution >= 0.6 is 11.3 Å². The van der Waals surface area contributed by atoms with Crippen molar-refractivity contribution >= 4 is 11.3 Å². The zero-order valence-corrected chi connectivity index (χ0v) is 10.8. The summed E-state index contributed by atoms with van der Waals surface area (Å²) in [6, 6.07) is 4.85. The molecule has 2 nitrogen and oxygen atoms in total. The maximum Gasteiger partial charge on any atom is 0.0575 e. The Hall–Kier alpha value is -0.380. The van der Waals surface area contributed by atoms with Crippen LogP contribution in [-0.4, -0.2) is 19.8 Å². The van der Waals surface area contributed by atoms with Crippen molar-refractivity contribution in [3.63, 3.8) is 0 Å². The summed E-state index contributed by atoms with van der Waals surface area (Å²) in [6.07, 6.45) is 6.71. The molecule has 0 aliphatic carbocycles. The van der Waals surface area contributed by atoms with Gasteiger partial charge >= 0.3 is 0 Å². The molecule has 2 unspecified atom stereocenters. The molecule has 1 aliphatic heterocycles. The van der Waals surface area contributed by atoms with E-state index in [1.165, 1.54) is 37.0 Å². The monoisotopic (exact) mass is 239 g/mol. The summed E-state index contributed by atoms with van der Waals surface area (Å²) in [5.41, 5.74) is 0. The molecule has 3 heteroatoms. The summed E-state index contributed by atoms with van der Waals surface area (Å²) in [6.45, 7) is 0.966. The molecule has 0 amide bonds. The first-order valence-electron chi connectivity index (χ1n) is 6.22. The van der Waals surface area contributed by atoms with Crippen molar-refractivity contribution in [2.75, 3.05) is 13.7 Å². The minimum Gasteiger partial charge on any atom is -0.378 e. The lowest BCUT2D eigenvalue weighted by Crippen LogP contribution is -2.22. The molecular weight excluding hydrogens is 218 g/mol. The summed E-state index contributed by atoms with van der Waals surface area (Å²) in [7, 11) is 2.05. The number of thiophene rings is 1. The van der Waals surface area contributed by atoms with Crippen molar-refractivity contribution in [1.29, 1.82) is 0 Å². The standard InChI is InChI=1S/C13H21NOS/c1-14-12(13-6-4-10-16-13)8-7-11-5-2-3-9-15-11/h4,6,10-12,14H,2-3,5,7-9H2,1H3. The lowest BCUT2D eigenvalue weighted by atomic mass is 10.0. The average molecular weight is 239 g/mol. The summed E-state index contributed by atoms with van der Waals surface area (Å²) < 4.78 is 5.77. The molecule has 2 atom stereocenters. The van der Waals surface area contributed by atoms with Crippen LogP contribution in [-0.2, 0) is 4.74 Å². The van der Waals surface area contributed by atoms with Gasteiger partial charge in [-0.3, -0.25) is 0 Å². The molecule has 2 rings (SSSR count). The molecule has 0 spiro atoms. The van der Waals surface area contributed by atoms with Gasteiger partial charge in [-0.1, -0.05) is 6.07 Å². The smallest absolute Gasteiger partial charge is 0.0575 e. The number of hydrogen-bond acceptors (Lipinski definition) is 3. The fourth-order valence-electron chi connectivity index (χ4n) is 2.31. The summed E-state index contributed by atoms with van der Waals surface area (Å²) in [5, 5.41) is 5.55. The van der Waals surface area contributed by atoms with E-state index in [-0.39, 0.29) is 0 Å². The van der Waals surface area contributed by atoms with E-state index < -0.39 is 0 Å². The van der Waals surface area contributed by atoms with E-state index in [2.05, 4.69) is 22.8 Å². The molecule has 0 bridgehead atoms. The Bertz CT molecular complexity index is 280.